The molecule has 0 bridgehead atoms. The van der Waals surface area contributed by atoms with Crippen LogP contribution in [0.2, 0.25) is 0 Å². The van der Waals surface area contributed by atoms with Gasteiger partial charge in [0.1, 0.15) is 11.5 Å². The fourth-order valence-electron chi connectivity index (χ4n) is 3.23. The topological polar surface area (TPSA) is 43.4 Å². The summed E-state index contributed by atoms with van der Waals surface area (Å²) in [6.45, 7) is 4.05. The zero-order valence-corrected chi connectivity index (χ0v) is 16.8. The minimum absolute atomic E-state index is 0.157. The lowest BCUT2D eigenvalue weighted by atomic mass is 10.1. The van der Waals surface area contributed by atoms with E-state index in [1.165, 1.54) is 0 Å². The largest absolute Gasteiger partial charge is 0.497 e. The van der Waals surface area contributed by atoms with Crippen LogP contribution in [0.25, 0.3) is 22.2 Å². The number of hydrogen-bond acceptors (Lipinski definition) is 4. The van der Waals surface area contributed by atoms with E-state index in [4.69, 9.17) is 14.5 Å². The molecule has 0 unspecified atom stereocenters. The first kappa shape index (κ1) is 18.8. The monoisotopic (exact) mass is 384 g/mol. The van der Waals surface area contributed by atoms with Gasteiger partial charge in [0.25, 0.3) is 0 Å². The molecule has 4 heteroatoms. The van der Waals surface area contributed by atoms with Gasteiger partial charge in [0.15, 0.2) is 0 Å². The number of ether oxygens (including phenoxy) is 2. The van der Waals surface area contributed by atoms with Gasteiger partial charge in [-0.15, -0.1) is 0 Å². The fourth-order valence-corrected chi connectivity index (χ4v) is 3.23. The van der Waals surface area contributed by atoms with Crippen molar-refractivity contribution in [2.75, 3.05) is 12.4 Å². The first-order valence-electron chi connectivity index (χ1n) is 9.70. The number of hydrogen-bond donors (Lipinski definition) is 1. The fraction of sp³-hybridized carbons (Fsp3) is 0.160. The molecule has 4 aromatic rings. The van der Waals surface area contributed by atoms with Gasteiger partial charge in [-0.3, -0.25) is 0 Å². The second-order valence-corrected chi connectivity index (χ2v) is 7.12. The number of para-hydroxylation sites is 1. The second kappa shape index (κ2) is 8.23. The molecule has 0 aliphatic rings. The molecule has 4 nitrogen and oxygen atoms in total. The van der Waals surface area contributed by atoms with Crippen molar-refractivity contribution < 1.29 is 9.47 Å². The number of methoxy groups -OCH3 is 1. The average molecular weight is 384 g/mol. The van der Waals surface area contributed by atoms with Crippen LogP contribution in [0.4, 0.5) is 11.4 Å². The predicted octanol–water partition coefficient (Wildman–Crippen LogP) is 6.44. The summed E-state index contributed by atoms with van der Waals surface area (Å²) in [5.41, 5.74) is 4.91. The van der Waals surface area contributed by atoms with Crippen LogP contribution in [0.1, 0.15) is 13.8 Å². The third kappa shape index (κ3) is 4.32. The van der Waals surface area contributed by atoms with Gasteiger partial charge in [0, 0.05) is 16.6 Å². The molecule has 0 saturated heterocycles. The Morgan fingerprint density at radius 3 is 2.21 bits per heavy atom. The number of nitrogens with zero attached hydrogens (tertiary/aromatic N) is 1. The SMILES string of the molecule is COc1ccc(-c2cc(Nc3ccc(OC(C)C)cc3)c3ccccc3n2)cc1. The molecule has 146 valence electrons. The van der Waals surface area contributed by atoms with Crippen molar-refractivity contribution in [2.45, 2.75) is 20.0 Å². The summed E-state index contributed by atoms with van der Waals surface area (Å²) in [5.74, 6) is 1.70. The van der Waals surface area contributed by atoms with Gasteiger partial charge in [0.05, 0.1) is 30.1 Å². The van der Waals surface area contributed by atoms with Crippen molar-refractivity contribution in [3.05, 3.63) is 78.9 Å². The van der Waals surface area contributed by atoms with Crippen LogP contribution in [0.15, 0.2) is 78.9 Å². The number of anilines is 2. The number of rotatable bonds is 6. The highest BCUT2D eigenvalue weighted by molar-refractivity contribution is 5.95. The molecule has 0 atom stereocenters. The van der Waals surface area contributed by atoms with Crippen molar-refractivity contribution in [1.82, 2.24) is 4.98 Å². The van der Waals surface area contributed by atoms with E-state index < -0.39 is 0 Å². The molecule has 1 N–H and O–H groups in total. The van der Waals surface area contributed by atoms with Gasteiger partial charge in [-0.05, 0) is 74.5 Å². The summed E-state index contributed by atoms with van der Waals surface area (Å²) in [4.78, 5) is 4.85. The lowest BCUT2D eigenvalue weighted by molar-refractivity contribution is 0.242. The van der Waals surface area contributed by atoms with E-state index in [9.17, 15) is 0 Å². The van der Waals surface area contributed by atoms with Gasteiger partial charge in [-0.25, -0.2) is 4.98 Å². The Balaban J connectivity index is 1.70. The molecule has 0 aliphatic carbocycles. The van der Waals surface area contributed by atoms with E-state index in [0.717, 1.165) is 45.0 Å². The number of benzene rings is 3. The van der Waals surface area contributed by atoms with Crippen molar-refractivity contribution in [3.8, 4) is 22.8 Å². The Bertz CT molecular complexity index is 1100. The molecular weight excluding hydrogens is 360 g/mol. The van der Waals surface area contributed by atoms with Crippen LogP contribution >= 0.6 is 0 Å². The lowest BCUT2D eigenvalue weighted by Crippen LogP contribution is -2.05. The van der Waals surface area contributed by atoms with Crippen molar-refractivity contribution in [1.29, 1.82) is 0 Å². The van der Waals surface area contributed by atoms with Crippen LogP contribution in [0, 0.1) is 0 Å². The summed E-state index contributed by atoms with van der Waals surface area (Å²) >= 11 is 0. The Morgan fingerprint density at radius 2 is 1.52 bits per heavy atom. The van der Waals surface area contributed by atoms with E-state index in [-0.39, 0.29) is 6.10 Å². The zero-order valence-electron chi connectivity index (χ0n) is 16.8. The average Bonchev–Trinajstić information content (AvgIpc) is 2.75. The predicted molar refractivity (Wildman–Crippen MR) is 119 cm³/mol. The molecule has 0 saturated carbocycles. The smallest absolute Gasteiger partial charge is 0.119 e. The van der Waals surface area contributed by atoms with Gasteiger partial charge >= 0.3 is 0 Å². The second-order valence-electron chi connectivity index (χ2n) is 7.12. The van der Waals surface area contributed by atoms with Crippen molar-refractivity contribution in [2.24, 2.45) is 0 Å². The van der Waals surface area contributed by atoms with Crippen molar-refractivity contribution >= 4 is 22.3 Å². The summed E-state index contributed by atoms with van der Waals surface area (Å²) in [6.07, 6.45) is 0.157. The molecule has 0 aliphatic heterocycles. The number of pyridine rings is 1. The van der Waals surface area contributed by atoms with Crippen LogP contribution in [-0.4, -0.2) is 18.2 Å². The van der Waals surface area contributed by atoms with Gasteiger partial charge in [-0.2, -0.15) is 0 Å². The molecular formula is C25H24N2O2. The van der Waals surface area contributed by atoms with Crippen molar-refractivity contribution in [3.63, 3.8) is 0 Å². The molecule has 0 amide bonds. The zero-order chi connectivity index (χ0) is 20.2. The minimum Gasteiger partial charge on any atom is -0.497 e. The Labute approximate surface area is 171 Å². The first-order valence-corrected chi connectivity index (χ1v) is 9.70. The highest BCUT2D eigenvalue weighted by atomic mass is 16.5. The quantitative estimate of drug-likeness (QED) is 0.415. The number of aromatic nitrogens is 1. The standard InChI is InChI=1S/C25H24N2O2/c1-17(2)29-21-14-10-19(11-15-21)26-25-16-24(18-8-12-20(28-3)13-9-18)27-23-7-5-4-6-22(23)25/h4-17H,1-3H3,(H,26,27). The minimum atomic E-state index is 0.157. The Morgan fingerprint density at radius 1 is 0.828 bits per heavy atom. The third-order valence-corrected chi connectivity index (χ3v) is 4.61. The highest BCUT2D eigenvalue weighted by Gasteiger charge is 2.09. The van der Waals surface area contributed by atoms with E-state index in [0.29, 0.717) is 0 Å². The van der Waals surface area contributed by atoms with Crippen LogP contribution in [0.3, 0.4) is 0 Å². The maximum Gasteiger partial charge on any atom is 0.119 e. The molecule has 1 heterocycles. The summed E-state index contributed by atoms with van der Waals surface area (Å²) < 4.78 is 11.0. The van der Waals surface area contributed by atoms with E-state index in [2.05, 4.69) is 17.4 Å². The maximum atomic E-state index is 5.74. The highest BCUT2D eigenvalue weighted by Crippen LogP contribution is 2.31. The maximum absolute atomic E-state index is 5.74. The number of nitrogens with one attached hydrogen (secondary N) is 1. The van der Waals surface area contributed by atoms with Crippen LogP contribution in [0.5, 0.6) is 11.5 Å². The first-order chi connectivity index (χ1) is 14.1. The molecule has 3 aromatic carbocycles. The molecule has 0 fully saturated rings. The molecule has 0 spiro atoms. The molecule has 29 heavy (non-hydrogen) atoms. The Kier molecular flexibility index (Phi) is 5.34. The normalized spacial score (nSPS) is 10.9. The van der Waals surface area contributed by atoms with Crippen LogP contribution < -0.4 is 14.8 Å². The molecule has 4 rings (SSSR count). The van der Waals surface area contributed by atoms with Gasteiger partial charge in [-0.1, -0.05) is 18.2 Å². The molecule has 0 radical (unpaired) electrons. The van der Waals surface area contributed by atoms with E-state index in [1.54, 1.807) is 7.11 Å². The van der Waals surface area contributed by atoms with Gasteiger partial charge in [0.2, 0.25) is 0 Å². The Hall–Kier alpha value is -3.53. The third-order valence-electron chi connectivity index (χ3n) is 4.61. The van der Waals surface area contributed by atoms with E-state index in [1.807, 2.05) is 80.6 Å². The summed E-state index contributed by atoms with van der Waals surface area (Å²) in [5, 5.41) is 4.62. The lowest BCUT2D eigenvalue weighted by Gasteiger charge is -2.14. The number of fused-ring (bicyclic) bond motifs is 1. The molecule has 1 aromatic heterocycles. The summed E-state index contributed by atoms with van der Waals surface area (Å²) in [6, 6.07) is 26.2. The van der Waals surface area contributed by atoms with E-state index >= 15 is 0 Å². The van der Waals surface area contributed by atoms with Crippen LogP contribution in [-0.2, 0) is 0 Å². The summed E-state index contributed by atoms with van der Waals surface area (Å²) in [7, 11) is 1.67. The van der Waals surface area contributed by atoms with Gasteiger partial charge < -0.3 is 14.8 Å².